The van der Waals surface area contributed by atoms with Crippen LogP contribution in [0.15, 0.2) is 0 Å². The van der Waals surface area contributed by atoms with E-state index < -0.39 is 5.92 Å². The highest BCUT2D eigenvalue weighted by Crippen LogP contribution is 2.31. The molecular weight excluding hydrogens is 222 g/mol. The molecule has 0 aromatic heterocycles. The molecule has 0 aromatic carbocycles. The molecule has 4 heteroatoms. The van der Waals surface area contributed by atoms with Crippen LogP contribution in [0.4, 0.5) is 8.78 Å². The summed E-state index contributed by atoms with van der Waals surface area (Å²) in [6.07, 6.45) is 1.21. The minimum absolute atomic E-state index is 0.0407. The average molecular weight is 246 g/mol. The molecular formula is C13H24F2N2. The number of halogens is 2. The van der Waals surface area contributed by atoms with Gasteiger partial charge in [0.2, 0.25) is 0 Å². The molecule has 0 bridgehead atoms. The second-order valence-corrected chi connectivity index (χ2v) is 6.45. The Morgan fingerprint density at radius 1 is 1.06 bits per heavy atom. The van der Waals surface area contributed by atoms with Gasteiger partial charge in [0.1, 0.15) is 0 Å². The zero-order valence-corrected chi connectivity index (χ0v) is 11.2. The van der Waals surface area contributed by atoms with Crippen LogP contribution < -0.4 is 0 Å². The second-order valence-electron chi connectivity index (χ2n) is 6.45. The quantitative estimate of drug-likeness (QED) is 0.701. The van der Waals surface area contributed by atoms with E-state index in [2.05, 4.69) is 30.6 Å². The molecule has 2 heterocycles. The van der Waals surface area contributed by atoms with E-state index in [9.17, 15) is 8.78 Å². The van der Waals surface area contributed by atoms with Gasteiger partial charge in [-0.2, -0.15) is 0 Å². The van der Waals surface area contributed by atoms with Crippen molar-refractivity contribution in [2.75, 3.05) is 26.2 Å². The molecule has 0 amide bonds. The van der Waals surface area contributed by atoms with Crippen molar-refractivity contribution in [3.05, 3.63) is 0 Å². The number of piperidine rings is 1. The third kappa shape index (κ3) is 3.16. The van der Waals surface area contributed by atoms with Crippen molar-refractivity contribution < 1.29 is 8.78 Å². The molecule has 2 nitrogen and oxygen atoms in total. The standard InChI is InChI=1S/C13H24F2N2/c1-12(2,3)17-7-4-11(10-17)16-8-5-13(14,15)6-9-16/h11H,4-10H2,1-3H3/t11-/m0/s1. The highest BCUT2D eigenvalue weighted by Gasteiger charge is 2.39. The van der Waals surface area contributed by atoms with Crippen LogP contribution in [0.25, 0.3) is 0 Å². The van der Waals surface area contributed by atoms with Gasteiger partial charge >= 0.3 is 0 Å². The van der Waals surface area contributed by atoms with Crippen molar-refractivity contribution >= 4 is 0 Å². The fourth-order valence-electron chi connectivity index (χ4n) is 2.87. The molecule has 0 radical (unpaired) electrons. The van der Waals surface area contributed by atoms with E-state index in [0.717, 1.165) is 19.5 Å². The summed E-state index contributed by atoms with van der Waals surface area (Å²) in [5.74, 6) is -2.42. The lowest BCUT2D eigenvalue weighted by molar-refractivity contribution is -0.0626. The molecule has 2 fully saturated rings. The average Bonchev–Trinajstić information content (AvgIpc) is 2.66. The molecule has 1 atom stereocenters. The van der Waals surface area contributed by atoms with Crippen LogP contribution in [0.1, 0.15) is 40.0 Å². The van der Waals surface area contributed by atoms with Crippen molar-refractivity contribution in [2.24, 2.45) is 0 Å². The van der Waals surface area contributed by atoms with E-state index in [1.807, 2.05) is 0 Å². The lowest BCUT2D eigenvalue weighted by atomic mass is 10.0. The maximum atomic E-state index is 13.1. The van der Waals surface area contributed by atoms with Crippen molar-refractivity contribution in [3.8, 4) is 0 Å². The van der Waals surface area contributed by atoms with Crippen molar-refractivity contribution in [3.63, 3.8) is 0 Å². The van der Waals surface area contributed by atoms with Gasteiger partial charge in [-0.25, -0.2) is 8.78 Å². The van der Waals surface area contributed by atoms with E-state index in [4.69, 9.17) is 0 Å². The summed E-state index contributed by atoms with van der Waals surface area (Å²) in [5, 5.41) is 0. The molecule has 0 unspecified atom stereocenters. The minimum atomic E-state index is -2.42. The predicted octanol–water partition coefficient (Wildman–Crippen LogP) is 2.59. The molecule has 2 rings (SSSR count). The lowest BCUT2D eigenvalue weighted by Crippen LogP contribution is -2.47. The fourth-order valence-corrected chi connectivity index (χ4v) is 2.87. The third-order valence-electron chi connectivity index (χ3n) is 4.16. The first kappa shape index (κ1) is 13.2. The molecule has 0 aromatic rings. The largest absolute Gasteiger partial charge is 0.299 e. The summed E-state index contributed by atoms with van der Waals surface area (Å²) in [7, 11) is 0. The maximum Gasteiger partial charge on any atom is 0.250 e. The van der Waals surface area contributed by atoms with Crippen molar-refractivity contribution in [2.45, 2.75) is 57.5 Å². The zero-order valence-electron chi connectivity index (χ0n) is 11.2. The van der Waals surface area contributed by atoms with Crippen LogP contribution in [-0.2, 0) is 0 Å². The summed E-state index contributed by atoms with van der Waals surface area (Å²) in [4.78, 5) is 4.73. The van der Waals surface area contributed by atoms with E-state index in [-0.39, 0.29) is 18.4 Å². The highest BCUT2D eigenvalue weighted by atomic mass is 19.3. The molecule has 100 valence electrons. The van der Waals surface area contributed by atoms with Gasteiger partial charge in [0.05, 0.1) is 0 Å². The van der Waals surface area contributed by atoms with Gasteiger partial charge in [-0.1, -0.05) is 0 Å². The summed E-state index contributed by atoms with van der Waals surface area (Å²) < 4.78 is 26.2. The Bertz CT molecular complexity index is 263. The second kappa shape index (κ2) is 4.47. The van der Waals surface area contributed by atoms with Gasteiger partial charge in [0.25, 0.3) is 5.92 Å². The van der Waals surface area contributed by atoms with E-state index in [1.165, 1.54) is 0 Å². The van der Waals surface area contributed by atoms with Crippen LogP contribution in [-0.4, -0.2) is 53.5 Å². The monoisotopic (exact) mass is 246 g/mol. The number of hydrogen-bond acceptors (Lipinski definition) is 2. The molecule has 2 aliphatic rings. The smallest absolute Gasteiger partial charge is 0.250 e. The Kier molecular flexibility index (Phi) is 3.47. The maximum absolute atomic E-state index is 13.1. The zero-order chi connectivity index (χ0) is 12.7. The molecule has 0 aliphatic carbocycles. The summed E-state index contributed by atoms with van der Waals surface area (Å²) in [5.41, 5.74) is 0.203. The first-order chi connectivity index (χ1) is 7.78. The van der Waals surface area contributed by atoms with Crippen LogP contribution in [0, 0.1) is 0 Å². The van der Waals surface area contributed by atoms with E-state index in [1.54, 1.807) is 0 Å². The summed E-state index contributed by atoms with van der Waals surface area (Å²) in [6, 6.07) is 0.491. The van der Waals surface area contributed by atoms with Gasteiger partial charge in [-0.05, 0) is 27.2 Å². The van der Waals surface area contributed by atoms with Gasteiger partial charge in [0, 0.05) is 50.6 Å². The number of likely N-dealkylation sites (tertiary alicyclic amines) is 2. The van der Waals surface area contributed by atoms with Gasteiger partial charge in [0.15, 0.2) is 0 Å². The van der Waals surface area contributed by atoms with Crippen LogP contribution in [0.2, 0.25) is 0 Å². The van der Waals surface area contributed by atoms with E-state index >= 15 is 0 Å². The van der Waals surface area contributed by atoms with Gasteiger partial charge in [-0.15, -0.1) is 0 Å². The predicted molar refractivity (Wildman–Crippen MR) is 65.5 cm³/mol. The number of rotatable bonds is 1. The SMILES string of the molecule is CC(C)(C)N1CC[C@H](N2CCC(F)(F)CC2)C1. The minimum Gasteiger partial charge on any atom is -0.299 e. The Morgan fingerprint density at radius 3 is 2.12 bits per heavy atom. The topological polar surface area (TPSA) is 6.48 Å². The Morgan fingerprint density at radius 2 is 1.65 bits per heavy atom. The van der Waals surface area contributed by atoms with Crippen LogP contribution in [0.3, 0.4) is 0 Å². The first-order valence-corrected chi connectivity index (χ1v) is 6.65. The highest BCUT2D eigenvalue weighted by molar-refractivity contribution is 4.91. The molecule has 2 aliphatic heterocycles. The normalized spacial score (nSPS) is 31.9. The van der Waals surface area contributed by atoms with Gasteiger partial charge < -0.3 is 0 Å². The van der Waals surface area contributed by atoms with Crippen molar-refractivity contribution in [1.29, 1.82) is 0 Å². The fraction of sp³-hybridized carbons (Fsp3) is 1.00. The summed E-state index contributed by atoms with van der Waals surface area (Å²) in [6.45, 7) is 9.93. The van der Waals surface area contributed by atoms with Crippen molar-refractivity contribution in [1.82, 2.24) is 9.80 Å². The number of alkyl halides is 2. The number of hydrogen-bond donors (Lipinski definition) is 0. The molecule has 0 spiro atoms. The Labute approximate surface area is 103 Å². The molecule has 0 saturated carbocycles. The molecule has 2 saturated heterocycles. The Balaban J connectivity index is 1.86. The van der Waals surface area contributed by atoms with Crippen LogP contribution >= 0.6 is 0 Å². The third-order valence-corrected chi connectivity index (χ3v) is 4.16. The molecule has 0 N–H and O–H groups in total. The Hall–Kier alpha value is -0.220. The van der Waals surface area contributed by atoms with E-state index in [0.29, 0.717) is 19.1 Å². The molecule has 17 heavy (non-hydrogen) atoms. The first-order valence-electron chi connectivity index (χ1n) is 6.65. The van der Waals surface area contributed by atoms with Crippen LogP contribution in [0.5, 0.6) is 0 Å². The van der Waals surface area contributed by atoms with Gasteiger partial charge in [-0.3, -0.25) is 9.80 Å². The number of nitrogens with zero attached hydrogens (tertiary/aromatic N) is 2. The summed E-state index contributed by atoms with van der Waals surface area (Å²) >= 11 is 0. The lowest BCUT2D eigenvalue weighted by Gasteiger charge is -2.37.